The Bertz CT molecular complexity index is 923. The Hall–Kier alpha value is -3.53. The van der Waals surface area contributed by atoms with Gasteiger partial charge in [0.1, 0.15) is 6.54 Å². The number of amides is 1. The molecule has 1 heterocycles. The van der Waals surface area contributed by atoms with Gasteiger partial charge < -0.3 is 5.32 Å². The molecule has 1 aromatic heterocycles. The summed E-state index contributed by atoms with van der Waals surface area (Å²) in [4.78, 5) is 13.4. The smallest absolute Gasteiger partial charge is 0.248 e. The van der Waals surface area contributed by atoms with Crippen molar-refractivity contribution in [3.05, 3.63) is 59.7 Å². The first-order chi connectivity index (χ1) is 12.2. The van der Waals surface area contributed by atoms with Crippen molar-refractivity contribution in [3.8, 4) is 17.5 Å². The first kappa shape index (κ1) is 16.3. The van der Waals surface area contributed by atoms with Crippen LogP contribution in [0.5, 0.6) is 0 Å². The number of rotatable bonds is 5. The third-order valence-electron chi connectivity index (χ3n) is 3.64. The van der Waals surface area contributed by atoms with Crippen molar-refractivity contribution in [1.82, 2.24) is 20.2 Å². The fraction of sp³-hybridized carbons (Fsp3) is 0.167. The van der Waals surface area contributed by atoms with Gasteiger partial charge in [-0.05, 0) is 35.4 Å². The molecule has 3 rings (SSSR count). The summed E-state index contributed by atoms with van der Waals surface area (Å²) in [6.45, 7) is 1.94. The number of nitriles is 1. The van der Waals surface area contributed by atoms with E-state index in [9.17, 15) is 4.79 Å². The van der Waals surface area contributed by atoms with Crippen LogP contribution in [0.3, 0.4) is 0 Å². The number of tetrazole rings is 1. The predicted molar refractivity (Wildman–Crippen MR) is 92.4 cm³/mol. The first-order valence-corrected chi connectivity index (χ1v) is 7.75. The number of anilines is 1. The minimum atomic E-state index is -0.248. The Balaban J connectivity index is 1.64. The molecule has 25 heavy (non-hydrogen) atoms. The molecule has 0 aliphatic carbocycles. The van der Waals surface area contributed by atoms with E-state index in [-0.39, 0.29) is 12.5 Å². The highest BCUT2D eigenvalue weighted by Crippen LogP contribution is 2.17. The zero-order valence-electron chi connectivity index (χ0n) is 13.7. The molecule has 0 aliphatic heterocycles. The highest BCUT2D eigenvalue weighted by Gasteiger charge is 2.11. The molecular formula is C18H16N6O. The van der Waals surface area contributed by atoms with E-state index in [0.29, 0.717) is 17.9 Å². The number of nitrogens with zero attached hydrogens (tertiary/aromatic N) is 5. The van der Waals surface area contributed by atoms with Gasteiger partial charge in [-0.1, -0.05) is 36.4 Å². The summed E-state index contributed by atoms with van der Waals surface area (Å²) in [6, 6.07) is 17.0. The topological polar surface area (TPSA) is 96.5 Å². The Morgan fingerprint density at radius 2 is 1.96 bits per heavy atom. The fourth-order valence-electron chi connectivity index (χ4n) is 2.37. The minimum absolute atomic E-state index is 0.0289. The summed E-state index contributed by atoms with van der Waals surface area (Å²) in [5.41, 5.74) is 3.50. The molecular weight excluding hydrogens is 316 g/mol. The summed E-state index contributed by atoms with van der Waals surface area (Å²) < 4.78 is 0. The molecule has 0 atom stereocenters. The van der Waals surface area contributed by atoms with Crippen molar-refractivity contribution in [1.29, 1.82) is 5.26 Å². The van der Waals surface area contributed by atoms with E-state index in [1.807, 2.05) is 43.3 Å². The van der Waals surface area contributed by atoms with E-state index < -0.39 is 0 Å². The second kappa shape index (κ2) is 7.36. The van der Waals surface area contributed by atoms with Gasteiger partial charge >= 0.3 is 0 Å². The summed E-state index contributed by atoms with van der Waals surface area (Å²) >= 11 is 0. The van der Waals surface area contributed by atoms with Crippen LogP contribution in [0.1, 0.15) is 11.1 Å². The molecule has 124 valence electrons. The number of carbonyl (C=O) groups is 1. The number of aromatic nitrogens is 4. The van der Waals surface area contributed by atoms with Gasteiger partial charge in [0, 0.05) is 11.3 Å². The lowest BCUT2D eigenvalue weighted by atomic mass is 10.1. The van der Waals surface area contributed by atoms with E-state index in [1.165, 1.54) is 4.80 Å². The molecule has 7 heteroatoms. The van der Waals surface area contributed by atoms with E-state index >= 15 is 0 Å². The van der Waals surface area contributed by atoms with Crippen molar-refractivity contribution in [3.63, 3.8) is 0 Å². The van der Waals surface area contributed by atoms with Crippen LogP contribution >= 0.6 is 0 Å². The number of aryl methyl sites for hydroxylation is 1. The zero-order valence-corrected chi connectivity index (χ0v) is 13.7. The van der Waals surface area contributed by atoms with Gasteiger partial charge in [0.2, 0.25) is 11.7 Å². The number of benzene rings is 2. The minimum Gasteiger partial charge on any atom is -0.324 e. The summed E-state index contributed by atoms with van der Waals surface area (Å²) in [7, 11) is 0. The Kier molecular flexibility index (Phi) is 4.81. The lowest BCUT2D eigenvalue weighted by molar-refractivity contribution is -0.117. The van der Waals surface area contributed by atoms with Crippen molar-refractivity contribution in [2.24, 2.45) is 0 Å². The summed E-state index contributed by atoms with van der Waals surface area (Å²) in [5.74, 6) is 0.244. The van der Waals surface area contributed by atoms with Gasteiger partial charge in [0.15, 0.2) is 0 Å². The van der Waals surface area contributed by atoms with Gasteiger partial charge in [-0.3, -0.25) is 4.79 Å². The van der Waals surface area contributed by atoms with Crippen molar-refractivity contribution >= 4 is 11.6 Å². The Morgan fingerprint density at radius 1 is 1.20 bits per heavy atom. The second-order valence-corrected chi connectivity index (χ2v) is 5.54. The molecule has 1 N–H and O–H groups in total. The molecule has 2 aromatic carbocycles. The van der Waals surface area contributed by atoms with E-state index in [0.717, 1.165) is 16.7 Å². The third kappa shape index (κ3) is 4.06. The monoisotopic (exact) mass is 332 g/mol. The predicted octanol–water partition coefficient (Wildman–Crippen LogP) is 2.35. The van der Waals surface area contributed by atoms with Crippen LogP contribution in [0.25, 0.3) is 11.4 Å². The molecule has 0 bridgehead atoms. The maximum atomic E-state index is 12.1. The highest BCUT2D eigenvalue weighted by molar-refractivity contribution is 5.90. The van der Waals surface area contributed by atoms with Crippen LogP contribution in [0, 0.1) is 18.3 Å². The standard InChI is InChI=1S/C18H16N6O/c1-13-4-2-3-5-16(13)18-21-23-24(22-18)12-17(25)20-15-8-6-14(7-9-15)10-11-19/h2-9H,10,12H2,1H3,(H,20,25). The average Bonchev–Trinajstić information content (AvgIpc) is 3.05. The van der Waals surface area contributed by atoms with Gasteiger partial charge in [0.05, 0.1) is 12.5 Å². The first-order valence-electron chi connectivity index (χ1n) is 7.75. The molecule has 1 amide bonds. The number of hydrogen-bond acceptors (Lipinski definition) is 5. The lowest BCUT2D eigenvalue weighted by Crippen LogP contribution is -2.20. The molecule has 0 radical (unpaired) electrons. The van der Waals surface area contributed by atoms with Crippen LogP contribution in [0.4, 0.5) is 5.69 Å². The Morgan fingerprint density at radius 3 is 2.68 bits per heavy atom. The third-order valence-corrected chi connectivity index (χ3v) is 3.64. The number of hydrogen-bond donors (Lipinski definition) is 1. The van der Waals surface area contributed by atoms with Crippen LogP contribution in [0.2, 0.25) is 0 Å². The van der Waals surface area contributed by atoms with Crippen LogP contribution in [-0.2, 0) is 17.8 Å². The Labute approximate surface area is 144 Å². The van der Waals surface area contributed by atoms with Gasteiger partial charge in [-0.15, -0.1) is 10.2 Å². The maximum absolute atomic E-state index is 12.1. The van der Waals surface area contributed by atoms with Crippen molar-refractivity contribution < 1.29 is 4.79 Å². The quantitative estimate of drug-likeness (QED) is 0.773. The molecule has 0 aliphatic rings. The summed E-state index contributed by atoms with van der Waals surface area (Å²) in [5, 5.41) is 23.6. The van der Waals surface area contributed by atoms with E-state index in [4.69, 9.17) is 5.26 Å². The second-order valence-electron chi connectivity index (χ2n) is 5.54. The van der Waals surface area contributed by atoms with Gasteiger partial charge in [-0.2, -0.15) is 10.1 Å². The molecule has 0 unspecified atom stereocenters. The van der Waals surface area contributed by atoms with Crippen molar-refractivity contribution in [2.75, 3.05) is 5.32 Å². The maximum Gasteiger partial charge on any atom is 0.248 e. The molecule has 3 aromatic rings. The van der Waals surface area contributed by atoms with E-state index in [2.05, 4.69) is 26.8 Å². The van der Waals surface area contributed by atoms with Gasteiger partial charge in [0.25, 0.3) is 0 Å². The largest absolute Gasteiger partial charge is 0.324 e. The summed E-state index contributed by atoms with van der Waals surface area (Å²) in [6.07, 6.45) is 0.346. The molecule has 7 nitrogen and oxygen atoms in total. The molecule has 0 saturated heterocycles. The van der Waals surface area contributed by atoms with Crippen LogP contribution in [0.15, 0.2) is 48.5 Å². The average molecular weight is 332 g/mol. The fourth-order valence-corrected chi connectivity index (χ4v) is 2.37. The van der Waals surface area contributed by atoms with E-state index in [1.54, 1.807) is 12.1 Å². The molecule has 0 saturated carbocycles. The zero-order chi connectivity index (χ0) is 17.6. The number of carbonyl (C=O) groups excluding carboxylic acids is 1. The molecule has 0 spiro atoms. The SMILES string of the molecule is Cc1ccccc1-c1nnn(CC(=O)Nc2ccc(CC#N)cc2)n1. The van der Waals surface area contributed by atoms with Crippen LogP contribution in [-0.4, -0.2) is 26.1 Å². The van der Waals surface area contributed by atoms with Crippen molar-refractivity contribution in [2.45, 2.75) is 19.9 Å². The normalized spacial score (nSPS) is 10.2. The van der Waals surface area contributed by atoms with Crippen LogP contribution < -0.4 is 5.32 Å². The van der Waals surface area contributed by atoms with Gasteiger partial charge in [-0.25, -0.2) is 0 Å². The lowest BCUT2D eigenvalue weighted by Gasteiger charge is -2.05. The number of nitrogens with one attached hydrogen (secondary N) is 1. The molecule has 0 fully saturated rings. The highest BCUT2D eigenvalue weighted by atomic mass is 16.2.